The highest BCUT2D eigenvalue weighted by Gasteiger charge is 2.42. The molecule has 1 aliphatic carbocycles. The predicted molar refractivity (Wildman–Crippen MR) is 136 cm³/mol. The molecule has 0 unspecified atom stereocenters. The Labute approximate surface area is 211 Å². The molecule has 7 heteroatoms. The number of benzene rings is 2. The number of allylic oxidation sites excluding steroid dienone is 1. The fourth-order valence-electron chi connectivity index (χ4n) is 4.85. The Balaban J connectivity index is 1.60. The zero-order valence-corrected chi connectivity index (χ0v) is 21.3. The number of nitrogens with one attached hydrogen (secondary N) is 1. The molecule has 36 heavy (non-hydrogen) atoms. The number of carbonyl (C=O) groups excluding carboxylic acids is 2. The van der Waals surface area contributed by atoms with E-state index in [9.17, 15) is 18.4 Å². The lowest BCUT2D eigenvalue weighted by Gasteiger charge is -2.43. The lowest BCUT2D eigenvalue weighted by Crippen LogP contribution is -2.43. The van der Waals surface area contributed by atoms with E-state index in [1.807, 2.05) is 18.2 Å². The van der Waals surface area contributed by atoms with Crippen LogP contribution in [0.15, 0.2) is 66.7 Å². The smallest absolute Gasteiger partial charge is 0.330 e. The first-order valence-electron chi connectivity index (χ1n) is 12.3. The van der Waals surface area contributed by atoms with Gasteiger partial charge in [0, 0.05) is 24.1 Å². The van der Waals surface area contributed by atoms with Crippen LogP contribution >= 0.6 is 0 Å². The van der Waals surface area contributed by atoms with Gasteiger partial charge in [0.05, 0.1) is 7.11 Å². The number of anilines is 1. The van der Waals surface area contributed by atoms with E-state index >= 15 is 0 Å². The molecule has 1 N–H and O–H groups in total. The highest BCUT2D eigenvalue weighted by atomic mass is 19.3. The molecule has 0 aliphatic heterocycles. The third kappa shape index (κ3) is 6.93. The first kappa shape index (κ1) is 27.4. The third-order valence-corrected chi connectivity index (χ3v) is 7.07. The van der Waals surface area contributed by atoms with E-state index in [1.165, 1.54) is 24.8 Å². The van der Waals surface area contributed by atoms with E-state index in [-0.39, 0.29) is 23.1 Å². The zero-order valence-electron chi connectivity index (χ0n) is 21.3. The molecule has 2 aromatic rings. The molecular formula is C29H35F2NO4. The average molecular weight is 500 g/mol. The minimum atomic E-state index is -3.69. The molecule has 2 aromatic carbocycles. The molecular weight excluding hydrogens is 464 g/mol. The number of hydrogen-bond acceptors (Lipinski definition) is 4. The van der Waals surface area contributed by atoms with E-state index in [0.717, 1.165) is 31.4 Å². The summed E-state index contributed by atoms with van der Waals surface area (Å²) in [6.45, 7) is 6.44. The van der Waals surface area contributed by atoms with Gasteiger partial charge < -0.3 is 14.8 Å². The molecule has 0 aromatic heterocycles. The van der Waals surface area contributed by atoms with Gasteiger partial charge in [0.2, 0.25) is 0 Å². The number of esters is 1. The van der Waals surface area contributed by atoms with Crippen molar-refractivity contribution in [1.29, 1.82) is 0 Å². The molecule has 0 saturated heterocycles. The number of rotatable bonds is 9. The highest BCUT2D eigenvalue weighted by molar-refractivity contribution is 5.96. The Morgan fingerprint density at radius 3 is 2.36 bits per heavy atom. The number of carbonyl (C=O) groups is 2. The van der Waals surface area contributed by atoms with Crippen LogP contribution in [-0.4, -0.2) is 31.0 Å². The van der Waals surface area contributed by atoms with Crippen LogP contribution in [0.4, 0.5) is 14.5 Å². The Kier molecular flexibility index (Phi) is 8.88. The summed E-state index contributed by atoms with van der Waals surface area (Å²) in [7, 11) is 1.48. The van der Waals surface area contributed by atoms with Gasteiger partial charge in [-0.25, -0.2) is 4.79 Å². The summed E-state index contributed by atoms with van der Waals surface area (Å²) in [5.74, 6) is -4.76. The van der Waals surface area contributed by atoms with E-state index in [2.05, 4.69) is 38.2 Å². The Hall–Kier alpha value is -3.22. The first-order chi connectivity index (χ1) is 17.0. The lowest BCUT2D eigenvalue weighted by molar-refractivity contribution is -0.150. The average Bonchev–Trinajstić information content (AvgIpc) is 2.84. The van der Waals surface area contributed by atoms with Crippen molar-refractivity contribution in [2.45, 2.75) is 63.9 Å². The van der Waals surface area contributed by atoms with Gasteiger partial charge in [-0.1, -0.05) is 63.6 Å². The SMILES string of the molecule is COc1ccc(NC(=O)C(F)(F)C/C=C/C(=O)O[C@@H]2C[C@H](C)CC[C@H]2C(C)(C)c2ccccc2)cc1. The van der Waals surface area contributed by atoms with Crippen molar-refractivity contribution in [2.75, 3.05) is 12.4 Å². The summed E-state index contributed by atoms with van der Waals surface area (Å²) >= 11 is 0. The van der Waals surface area contributed by atoms with Crippen LogP contribution < -0.4 is 10.1 Å². The second kappa shape index (κ2) is 11.7. The number of methoxy groups -OCH3 is 1. The van der Waals surface area contributed by atoms with E-state index < -0.39 is 24.2 Å². The molecule has 1 fully saturated rings. The molecule has 0 radical (unpaired) electrons. The van der Waals surface area contributed by atoms with Crippen molar-refractivity contribution < 1.29 is 27.8 Å². The molecule has 1 amide bonds. The van der Waals surface area contributed by atoms with Crippen LogP contribution in [0.3, 0.4) is 0 Å². The van der Waals surface area contributed by atoms with E-state index in [0.29, 0.717) is 11.7 Å². The maximum atomic E-state index is 14.4. The fourth-order valence-corrected chi connectivity index (χ4v) is 4.85. The van der Waals surface area contributed by atoms with E-state index in [1.54, 1.807) is 12.1 Å². The lowest BCUT2D eigenvalue weighted by atomic mass is 9.64. The Morgan fingerprint density at radius 1 is 1.06 bits per heavy atom. The van der Waals surface area contributed by atoms with Crippen molar-refractivity contribution in [1.82, 2.24) is 0 Å². The maximum Gasteiger partial charge on any atom is 0.330 e. The van der Waals surface area contributed by atoms with Gasteiger partial charge in [0.15, 0.2) is 0 Å². The van der Waals surface area contributed by atoms with Gasteiger partial charge in [0.25, 0.3) is 5.91 Å². The minimum Gasteiger partial charge on any atom is -0.497 e. The first-order valence-corrected chi connectivity index (χ1v) is 12.3. The molecule has 0 spiro atoms. The van der Waals surface area contributed by atoms with Crippen molar-refractivity contribution in [2.24, 2.45) is 11.8 Å². The van der Waals surface area contributed by atoms with Gasteiger partial charge in [-0.05, 0) is 54.0 Å². The van der Waals surface area contributed by atoms with Crippen molar-refractivity contribution in [3.05, 3.63) is 72.3 Å². The standard InChI is InChI=1S/C29H35F2NO4/c1-20-12-17-24(28(2,3)21-9-6-5-7-10-21)25(19-20)36-26(33)11-8-18-29(30,31)27(34)32-22-13-15-23(35-4)16-14-22/h5-11,13-16,20,24-25H,12,17-19H2,1-4H3,(H,32,34)/b11-8+/t20-,24-,25-/m1/s1. The number of halogens is 2. The molecule has 0 bridgehead atoms. The Bertz CT molecular complexity index is 1050. The summed E-state index contributed by atoms with van der Waals surface area (Å²) in [6, 6.07) is 16.2. The summed E-state index contributed by atoms with van der Waals surface area (Å²) in [6.07, 6.45) is 3.44. The van der Waals surface area contributed by atoms with E-state index in [4.69, 9.17) is 9.47 Å². The monoisotopic (exact) mass is 499 g/mol. The summed E-state index contributed by atoms with van der Waals surface area (Å²) in [4.78, 5) is 24.6. The van der Waals surface area contributed by atoms with Crippen molar-refractivity contribution in [3.8, 4) is 5.75 Å². The van der Waals surface area contributed by atoms with Crippen LogP contribution in [0.5, 0.6) is 5.75 Å². The van der Waals surface area contributed by atoms with Gasteiger partial charge in [-0.15, -0.1) is 0 Å². The fraction of sp³-hybridized carbons (Fsp3) is 0.448. The molecule has 1 saturated carbocycles. The summed E-state index contributed by atoms with van der Waals surface area (Å²) in [5.41, 5.74) is 1.17. The summed E-state index contributed by atoms with van der Waals surface area (Å²) in [5, 5.41) is 2.19. The van der Waals surface area contributed by atoms with Crippen LogP contribution in [0.1, 0.15) is 52.0 Å². The zero-order chi connectivity index (χ0) is 26.3. The number of amides is 1. The molecule has 3 atom stereocenters. The molecule has 194 valence electrons. The molecule has 1 aliphatic rings. The van der Waals surface area contributed by atoms with Crippen LogP contribution in [0, 0.1) is 11.8 Å². The van der Waals surface area contributed by atoms with Crippen LogP contribution in [0.2, 0.25) is 0 Å². The van der Waals surface area contributed by atoms with Crippen molar-refractivity contribution >= 4 is 17.6 Å². The number of hydrogen-bond donors (Lipinski definition) is 1. The van der Waals surface area contributed by atoms with Gasteiger partial charge in [-0.2, -0.15) is 8.78 Å². The maximum absolute atomic E-state index is 14.4. The largest absolute Gasteiger partial charge is 0.497 e. The highest BCUT2D eigenvalue weighted by Crippen LogP contribution is 2.43. The van der Waals surface area contributed by atoms with Gasteiger partial charge in [-0.3, -0.25) is 4.79 Å². The normalized spacial score (nSPS) is 20.7. The minimum absolute atomic E-state index is 0.102. The second-order valence-electron chi connectivity index (χ2n) is 10.1. The quantitative estimate of drug-likeness (QED) is 0.314. The van der Waals surface area contributed by atoms with Crippen LogP contribution in [-0.2, 0) is 19.7 Å². The molecule has 3 rings (SSSR count). The topological polar surface area (TPSA) is 64.6 Å². The van der Waals surface area contributed by atoms with Gasteiger partial charge >= 0.3 is 11.9 Å². The third-order valence-electron chi connectivity index (χ3n) is 7.07. The number of alkyl halides is 2. The number of ether oxygens (including phenoxy) is 2. The van der Waals surface area contributed by atoms with Crippen LogP contribution in [0.25, 0.3) is 0 Å². The molecule has 5 nitrogen and oxygen atoms in total. The van der Waals surface area contributed by atoms with Gasteiger partial charge in [0.1, 0.15) is 11.9 Å². The second-order valence-corrected chi connectivity index (χ2v) is 10.1. The Morgan fingerprint density at radius 2 is 1.72 bits per heavy atom. The summed E-state index contributed by atoms with van der Waals surface area (Å²) < 4.78 is 39.6. The molecule has 0 heterocycles. The predicted octanol–water partition coefficient (Wildman–Crippen LogP) is 6.54. The van der Waals surface area contributed by atoms with Crippen molar-refractivity contribution in [3.63, 3.8) is 0 Å².